The van der Waals surface area contributed by atoms with Crippen molar-refractivity contribution in [3.63, 3.8) is 0 Å². The summed E-state index contributed by atoms with van der Waals surface area (Å²) in [7, 11) is 1.73. The number of benzene rings is 2. The van der Waals surface area contributed by atoms with Gasteiger partial charge in [0.2, 0.25) is 5.95 Å². The number of amides is 1. The second kappa shape index (κ2) is 9.96. The summed E-state index contributed by atoms with van der Waals surface area (Å²) in [5.41, 5.74) is 2.36. The van der Waals surface area contributed by atoms with E-state index < -0.39 is 11.9 Å². The normalized spacial score (nSPS) is 21.1. The molecule has 2 aromatic heterocycles. The quantitative estimate of drug-likeness (QED) is 0.375. The molecular formula is C28H27FN8O2. The van der Waals surface area contributed by atoms with Crippen molar-refractivity contribution in [1.82, 2.24) is 20.2 Å². The number of carbonyl (C=O) groups is 1. The lowest BCUT2D eigenvalue weighted by molar-refractivity contribution is -0.119. The first-order valence-corrected chi connectivity index (χ1v) is 12.9. The van der Waals surface area contributed by atoms with E-state index in [4.69, 9.17) is 9.72 Å². The van der Waals surface area contributed by atoms with Crippen LogP contribution in [0, 0.1) is 17.1 Å². The SMILES string of the molecule is COC1CCC(N2c3nc(Nc4cc(F)c5[nH]ncc5c4)ncc3N(c3cccc(C#N)c3)C(=O)[C@H]2C)CC1. The first kappa shape index (κ1) is 24.8. The number of ether oxygens (including phenoxy) is 1. The number of carbonyl (C=O) groups excluding carboxylic acids is 1. The highest BCUT2D eigenvalue weighted by Crippen LogP contribution is 2.43. The number of aromatic amines is 1. The average Bonchev–Trinajstić information content (AvgIpc) is 3.44. The molecule has 0 bridgehead atoms. The Morgan fingerprint density at radius 2 is 2.00 bits per heavy atom. The van der Waals surface area contributed by atoms with Gasteiger partial charge in [0.05, 0.1) is 35.8 Å². The molecule has 0 saturated heterocycles. The first-order chi connectivity index (χ1) is 19.0. The van der Waals surface area contributed by atoms with Crippen molar-refractivity contribution in [2.45, 2.75) is 50.8 Å². The van der Waals surface area contributed by atoms with Crippen molar-refractivity contribution in [1.29, 1.82) is 5.26 Å². The maximum atomic E-state index is 14.6. The van der Waals surface area contributed by atoms with Gasteiger partial charge in [0.1, 0.15) is 17.2 Å². The van der Waals surface area contributed by atoms with Crippen molar-refractivity contribution in [2.24, 2.45) is 0 Å². The molecule has 3 heterocycles. The van der Waals surface area contributed by atoms with Gasteiger partial charge in [0.15, 0.2) is 11.6 Å². The number of fused-ring (bicyclic) bond motifs is 2. The summed E-state index contributed by atoms with van der Waals surface area (Å²) in [5.74, 6) is 0.319. The molecule has 1 saturated carbocycles. The molecule has 2 aromatic carbocycles. The molecule has 0 spiro atoms. The van der Waals surface area contributed by atoms with Gasteiger partial charge < -0.3 is 15.0 Å². The lowest BCUT2D eigenvalue weighted by Gasteiger charge is -2.46. The summed E-state index contributed by atoms with van der Waals surface area (Å²) in [4.78, 5) is 26.9. The Morgan fingerprint density at radius 1 is 1.18 bits per heavy atom. The van der Waals surface area contributed by atoms with Crippen molar-refractivity contribution in [3.8, 4) is 6.07 Å². The molecule has 1 atom stereocenters. The number of nitrogens with zero attached hydrogens (tertiary/aromatic N) is 6. The third-order valence-corrected chi connectivity index (χ3v) is 7.59. The molecule has 39 heavy (non-hydrogen) atoms. The van der Waals surface area contributed by atoms with Crippen LogP contribution < -0.4 is 15.1 Å². The number of nitriles is 1. The highest BCUT2D eigenvalue weighted by atomic mass is 19.1. The smallest absolute Gasteiger partial charge is 0.254 e. The van der Waals surface area contributed by atoms with Gasteiger partial charge in [0.25, 0.3) is 5.91 Å². The van der Waals surface area contributed by atoms with Crippen LogP contribution in [0.3, 0.4) is 0 Å². The molecule has 1 aliphatic heterocycles. The fourth-order valence-electron chi connectivity index (χ4n) is 5.63. The van der Waals surface area contributed by atoms with Gasteiger partial charge >= 0.3 is 0 Å². The lowest BCUT2D eigenvalue weighted by Crippen LogP contribution is -2.55. The van der Waals surface area contributed by atoms with Crippen LogP contribution in [0.25, 0.3) is 10.9 Å². The summed E-state index contributed by atoms with van der Waals surface area (Å²) < 4.78 is 20.1. The molecule has 2 aliphatic rings. The van der Waals surface area contributed by atoms with E-state index in [2.05, 4.69) is 31.5 Å². The van der Waals surface area contributed by atoms with Crippen LogP contribution in [0.2, 0.25) is 0 Å². The van der Waals surface area contributed by atoms with Crippen LogP contribution in [0.4, 0.5) is 33.2 Å². The topological polar surface area (TPSA) is 123 Å². The summed E-state index contributed by atoms with van der Waals surface area (Å²) in [6, 6.07) is 11.8. The fraction of sp³-hybridized carbons (Fsp3) is 0.321. The van der Waals surface area contributed by atoms with Gasteiger partial charge in [-0.05, 0) is 62.9 Å². The van der Waals surface area contributed by atoms with Crippen molar-refractivity contribution >= 4 is 45.6 Å². The Hall–Kier alpha value is -4.56. The second-order valence-corrected chi connectivity index (χ2v) is 9.91. The van der Waals surface area contributed by atoms with E-state index in [9.17, 15) is 14.4 Å². The predicted molar refractivity (Wildman–Crippen MR) is 145 cm³/mol. The number of H-pyrrole nitrogens is 1. The number of nitrogens with one attached hydrogen (secondary N) is 2. The van der Waals surface area contributed by atoms with Crippen LogP contribution in [-0.4, -0.2) is 51.4 Å². The van der Waals surface area contributed by atoms with E-state index in [0.29, 0.717) is 39.3 Å². The Morgan fingerprint density at radius 3 is 2.77 bits per heavy atom. The highest BCUT2D eigenvalue weighted by molar-refractivity contribution is 6.10. The summed E-state index contributed by atoms with van der Waals surface area (Å²) in [6.07, 6.45) is 6.86. The van der Waals surface area contributed by atoms with Gasteiger partial charge in [-0.2, -0.15) is 15.3 Å². The molecule has 198 valence electrons. The maximum Gasteiger partial charge on any atom is 0.254 e. The van der Waals surface area contributed by atoms with Gasteiger partial charge in [-0.15, -0.1) is 0 Å². The van der Waals surface area contributed by atoms with E-state index >= 15 is 0 Å². The van der Waals surface area contributed by atoms with Crippen LogP contribution in [0.15, 0.2) is 48.8 Å². The molecule has 11 heteroatoms. The zero-order valence-electron chi connectivity index (χ0n) is 21.6. The highest BCUT2D eigenvalue weighted by Gasteiger charge is 2.42. The Bertz CT molecular complexity index is 1590. The van der Waals surface area contributed by atoms with E-state index in [1.807, 2.05) is 6.92 Å². The minimum Gasteiger partial charge on any atom is -0.381 e. The largest absolute Gasteiger partial charge is 0.381 e. The monoisotopic (exact) mass is 526 g/mol. The zero-order valence-corrected chi connectivity index (χ0v) is 21.6. The van der Waals surface area contributed by atoms with Crippen molar-refractivity contribution in [3.05, 3.63) is 60.2 Å². The van der Waals surface area contributed by atoms with Crippen LogP contribution >= 0.6 is 0 Å². The number of anilines is 5. The minimum atomic E-state index is -0.505. The van der Waals surface area contributed by atoms with E-state index in [1.54, 1.807) is 54.7 Å². The molecular weight excluding hydrogens is 499 g/mol. The Labute approximate surface area is 224 Å². The third kappa shape index (κ3) is 4.42. The molecule has 0 unspecified atom stereocenters. The van der Waals surface area contributed by atoms with Gasteiger partial charge in [0, 0.05) is 24.2 Å². The molecule has 1 aliphatic carbocycles. The number of aromatic nitrogens is 4. The lowest BCUT2D eigenvalue weighted by atomic mass is 9.90. The summed E-state index contributed by atoms with van der Waals surface area (Å²) in [5, 5.41) is 19.7. The van der Waals surface area contributed by atoms with Crippen LogP contribution in [-0.2, 0) is 9.53 Å². The number of hydrogen-bond acceptors (Lipinski definition) is 8. The van der Waals surface area contributed by atoms with Gasteiger partial charge in [-0.1, -0.05) is 6.07 Å². The fourth-order valence-corrected chi connectivity index (χ4v) is 5.63. The van der Waals surface area contributed by atoms with Crippen LogP contribution in [0.1, 0.15) is 38.2 Å². The Balaban J connectivity index is 1.43. The minimum absolute atomic E-state index is 0.0872. The zero-order chi connectivity index (χ0) is 27.1. The van der Waals surface area contributed by atoms with Gasteiger partial charge in [-0.25, -0.2) is 9.37 Å². The molecule has 1 amide bonds. The standard InChI is InChI=1S/C28H27FN8O2/c1-16-27(38)37(21-5-3-4-17(10-21)13-30)24-15-31-28(33-19-11-18-14-32-35-25(18)23(29)12-19)34-26(24)36(16)20-6-8-22(39-2)9-7-20/h3-5,10-12,14-16,20,22H,6-9H2,1-2H3,(H,32,35)(H,31,33,34)/t16-,20?,22?/m1/s1. The molecule has 0 radical (unpaired) electrons. The van der Waals surface area contributed by atoms with Crippen LogP contribution in [0.5, 0.6) is 0 Å². The number of rotatable bonds is 5. The summed E-state index contributed by atoms with van der Waals surface area (Å²) in [6.45, 7) is 1.88. The first-order valence-electron chi connectivity index (χ1n) is 12.9. The van der Waals surface area contributed by atoms with E-state index in [1.165, 1.54) is 6.07 Å². The maximum absolute atomic E-state index is 14.6. The molecule has 4 aromatic rings. The second-order valence-electron chi connectivity index (χ2n) is 9.91. The summed E-state index contributed by atoms with van der Waals surface area (Å²) >= 11 is 0. The molecule has 2 N–H and O–H groups in total. The van der Waals surface area contributed by atoms with Crippen molar-refractivity contribution in [2.75, 3.05) is 22.2 Å². The number of methoxy groups -OCH3 is 1. The molecule has 10 nitrogen and oxygen atoms in total. The molecule has 6 rings (SSSR count). The van der Waals surface area contributed by atoms with E-state index in [0.717, 1.165) is 25.7 Å². The molecule has 1 fully saturated rings. The van der Waals surface area contributed by atoms with E-state index in [-0.39, 0.29) is 24.0 Å². The Kier molecular flexibility index (Phi) is 6.32. The number of halogens is 1. The van der Waals surface area contributed by atoms with Crippen molar-refractivity contribution < 1.29 is 13.9 Å². The van der Waals surface area contributed by atoms with Gasteiger partial charge in [-0.3, -0.25) is 14.8 Å². The third-order valence-electron chi connectivity index (χ3n) is 7.59. The average molecular weight is 527 g/mol. The predicted octanol–water partition coefficient (Wildman–Crippen LogP) is 4.94. The number of hydrogen-bond donors (Lipinski definition) is 2.